The average molecular weight is 603 g/mol. The van der Waals surface area contributed by atoms with Crippen LogP contribution in [-0.2, 0) is 11.4 Å². The zero-order chi connectivity index (χ0) is 25.4. The molecule has 6 nitrogen and oxygen atoms in total. The lowest BCUT2D eigenvalue weighted by Crippen LogP contribution is -2.13. The van der Waals surface area contributed by atoms with Gasteiger partial charge in [0.2, 0.25) is 0 Å². The molecule has 0 radical (unpaired) electrons. The molecule has 1 amide bonds. The Morgan fingerprint density at radius 1 is 1.14 bits per heavy atom. The second kappa shape index (κ2) is 12.5. The van der Waals surface area contributed by atoms with Crippen LogP contribution < -0.4 is 19.5 Å². The summed E-state index contributed by atoms with van der Waals surface area (Å²) in [6.07, 6.45) is 1.50. The van der Waals surface area contributed by atoms with Gasteiger partial charge in [0, 0.05) is 10.7 Å². The van der Waals surface area contributed by atoms with Crippen molar-refractivity contribution in [1.29, 1.82) is 5.26 Å². The number of nitrogens with one attached hydrogen (secondary N) is 1. The molecule has 0 bridgehead atoms. The molecule has 0 spiro atoms. The molecule has 3 aromatic rings. The number of rotatable bonds is 9. The van der Waals surface area contributed by atoms with Gasteiger partial charge in [-0.1, -0.05) is 23.7 Å². The molecule has 0 aliphatic rings. The molecule has 0 unspecified atom stereocenters. The lowest BCUT2D eigenvalue weighted by Gasteiger charge is -2.16. The van der Waals surface area contributed by atoms with Crippen molar-refractivity contribution in [2.45, 2.75) is 26.6 Å². The average Bonchev–Trinajstić information content (AvgIpc) is 2.84. The van der Waals surface area contributed by atoms with Crippen LogP contribution in [0.15, 0.2) is 66.2 Å². The van der Waals surface area contributed by atoms with Gasteiger partial charge in [0.05, 0.1) is 16.8 Å². The van der Waals surface area contributed by atoms with E-state index >= 15 is 0 Å². The topological polar surface area (TPSA) is 80.6 Å². The third-order valence-electron chi connectivity index (χ3n) is 4.71. The van der Waals surface area contributed by atoms with Crippen LogP contribution in [-0.4, -0.2) is 19.1 Å². The number of ether oxygens (including phenoxy) is 3. The minimum absolute atomic E-state index is 0.0199. The summed E-state index contributed by atoms with van der Waals surface area (Å²) >= 11 is 8.04. The number of nitrogens with zero attached hydrogens (tertiary/aromatic N) is 1. The van der Waals surface area contributed by atoms with Crippen molar-refractivity contribution >= 4 is 51.9 Å². The van der Waals surface area contributed by atoms with E-state index in [9.17, 15) is 10.1 Å². The van der Waals surface area contributed by atoms with E-state index in [0.29, 0.717) is 40.1 Å². The predicted molar refractivity (Wildman–Crippen MR) is 146 cm³/mol. The molecule has 0 saturated carbocycles. The minimum Gasteiger partial charge on any atom is -0.493 e. The van der Waals surface area contributed by atoms with Crippen molar-refractivity contribution in [3.8, 4) is 23.3 Å². The number of benzene rings is 3. The predicted octanol–water partition coefficient (Wildman–Crippen LogP) is 6.87. The largest absolute Gasteiger partial charge is 0.493 e. The standard InChI is InChI=1S/C27H24ClIN2O4/c1-17(2)35-26-24(29)13-19(14-25(26)33-3)12-20(15-30)27(32)31-22-8-10-23(11-9-22)34-16-18-4-6-21(28)7-5-18/h4-14,17H,16H2,1-3H3,(H,31,32)/b20-12+. The van der Waals surface area contributed by atoms with Crippen molar-refractivity contribution in [3.05, 3.63) is 86.0 Å². The van der Waals surface area contributed by atoms with E-state index in [1.165, 1.54) is 6.08 Å². The first kappa shape index (κ1) is 26.4. The number of hydrogen-bond donors (Lipinski definition) is 1. The SMILES string of the molecule is COc1cc(/C=C(\C#N)C(=O)Nc2ccc(OCc3ccc(Cl)cc3)cc2)cc(I)c1OC(C)C. The highest BCUT2D eigenvalue weighted by atomic mass is 127. The Labute approximate surface area is 223 Å². The number of anilines is 1. The number of carbonyl (C=O) groups excluding carboxylic acids is 1. The summed E-state index contributed by atoms with van der Waals surface area (Å²) in [5, 5.41) is 13.0. The van der Waals surface area contributed by atoms with Crippen LogP contribution in [0.2, 0.25) is 5.02 Å². The van der Waals surface area contributed by atoms with Gasteiger partial charge >= 0.3 is 0 Å². The molecule has 0 aromatic heterocycles. The number of hydrogen-bond acceptors (Lipinski definition) is 5. The fraction of sp³-hybridized carbons (Fsp3) is 0.185. The van der Waals surface area contributed by atoms with E-state index in [1.54, 1.807) is 37.4 Å². The first-order valence-electron chi connectivity index (χ1n) is 10.7. The minimum atomic E-state index is -0.515. The first-order chi connectivity index (χ1) is 16.8. The fourth-order valence-electron chi connectivity index (χ4n) is 3.07. The zero-order valence-corrected chi connectivity index (χ0v) is 22.4. The Bertz CT molecular complexity index is 1250. The van der Waals surface area contributed by atoms with E-state index in [1.807, 2.05) is 50.2 Å². The van der Waals surface area contributed by atoms with Crippen LogP contribution in [0, 0.1) is 14.9 Å². The highest BCUT2D eigenvalue weighted by Crippen LogP contribution is 2.35. The molecule has 0 aliphatic carbocycles. The monoisotopic (exact) mass is 602 g/mol. The first-order valence-corrected chi connectivity index (χ1v) is 12.2. The number of carbonyl (C=O) groups is 1. The van der Waals surface area contributed by atoms with Crippen molar-refractivity contribution in [2.75, 3.05) is 12.4 Å². The highest BCUT2D eigenvalue weighted by Gasteiger charge is 2.15. The molecule has 0 saturated heterocycles. The number of halogens is 2. The van der Waals surface area contributed by atoms with E-state index in [0.717, 1.165) is 9.13 Å². The van der Waals surface area contributed by atoms with Crippen molar-refractivity contribution < 1.29 is 19.0 Å². The maximum atomic E-state index is 12.7. The van der Waals surface area contributed by atoms with Crippen molar-refractivity contribution in [2.24, 2.45) is 0 Å². The molecule has 0 heterocycles. The molecule has 3 rings (SSSR count). The van der Waals surface area contributed by atoms with Crippen LogP contribution in [0.5, 0.6) is 17.2 Å². The van der Waals surface area contributed by atoms with Crippen LogP contribution in [0.4, 0.5) is 5.69 Å². The maximum absolute atomic E-state index is 12.7. The molecule has 0 atom stereocenters. The molecule has 8 heteroatoms. The molecule has 3 aromatic carbocycles. The van der Waals surface area contributed by atoms with Gasteiger partial charge in [0.25, 0.3) is 5.91 Å². The van der Waals surface area contributed by atoms with Gasteiger partial charge in [-0.15, -0.1) is 0 Å². The highest BCUT2D eigenvalue weighted by molar-refractivity contribution is 14.1. The summed E-state index contributed by atoms with van der Waals surface area (Å²) < 4.78 is 17.8. The molecular formula is C27H24ClIN2O4. The molecular weight excluding hydrogens is 579 g/mol. The van der Waals surface area contributed by atoms with Crippen molar-refractivity contribution in [3.63, 3.8) is 0 Å². The summed E-state index contributed by atoms with van der Waals surface area (Å²) in [5.74, 6) is 1.29. The third kappa shape index (κ3) is 7.64. The molecule has 0 fully saturated rings. The normalized spacial score (nSPS) is 11.1. The third-order valence-corrected chi connectivity index (χ3v) is 5.77. The fourth-order valence-corrected chi connectivity index (χ4v) is 3.95. The Balaban J connectivity index is 1.68. The molecule has 0 aliphatic heterocycles. The Kier molecular flexibility index (Phi) is 9.40. The quantitative estimate of drug-likeness (QED) is 0.164. The lowest BCUT2D eigenvalue weighted by molar-refractivity contribution is -0.112. The smallest absolute Gasteiger partial charge is 0.266 e. The second-order valence-electron chi connectivity index (χ2n) is 7.76. The van der Waals surface area contributed by atoms with E-state index in [-0.39, 0.29) is 11.7 Å². The Morgan fingerprint density at radius 2 is 1.83 bits per heavy atom. The van der Waals surface area contributed by atoms with E-state index in [2.05, 4.69) is 27.9 Å². The van der Waals surface area contributed by atoms with Crippen LogP contribution in [0.1, 0.15) is 25.0 Å². The van der Waals surface area contributed by atoms with Gasteiger partial charge in [-0.3, -0.25) is 4.79 Å². The number of amides is 1. The summed E-state index contributed by atoms with van der Waals surface area (Å²) in [4.78, 5) is 12.7. The molecule has 180 valence electrons. The van der Waals surface area contributed by atoms with Gasteiger partial charge in [-0.2, -0.15) is 5.26 Å². The summed E-state index contributed by atoms with van der Waals surface area (Å²) in [5.41, 5.74) is 2.15. The van der Waals surface area contributed by atoms with Crippen LogP contribution in [0.25, 0.3) is 6.08 Å². The van der Waals surface area contributed by atoms with Crippen LogP contribution in [0.3, 0.4) is 0 Å². The van der Waals surface area contributed by atoms with Gasteiger partial charge in [-0.05, 0) is 102 Å². The van der Waals surface area contributed by atoms with Gasteiger partial charge < -0.3 is 19.5 Å². The number of nitriles is 1. The lowest BCUT2D eigenvalue weighted by atomic mass is 10.1. The van der Waals surface area contributed by atoms with Gasteiger partial charge in [0.1, 0.15) is 24.0 Å². The van der Waals surface area contributed by atoms with E-state index in [4.69, 9.17) is 25.8 Å². The second-order valence-corrected chi connectivity index (χ2v) is 9.36. The number of methoxy groups -OCH3 is 1. The molecule has 1 N–H and O–H groups in total. The van der Waals surface area contributed by atoms with Gasteiger partial charge in [0.15, 0.2) is 11.5 Å². The zero-order valence-electron chi connectivity index (χ0n) is 19.5. The summed E-state index contributed by atoms with van der Waals surface area (Å²) in [7, 11) is 1.55. The maximum Gasteiger partial charge on any atom is 0.266 e. The van der Waals surface area contributed by atoms with E-state index < -0.39 is 5.91 Å². The molecule has 35 heavy (non-hydrogen) atoms. The Hall–Kier alpha value is -3.22. The Morgan fingerprint density at radius 3 is 2.43 bits per heavy atom. The van der Waals surface area contributed by atoms with Crippen LogP contribution >= 0.6 is 34.2 Å². The summed E-state index contributed by atoms with van der Waals surface area (Å²) in [6.45, 7) is 4.26. The van der Waals surface area contributed by atoms with Crippen molar-refractivity contribution in [1.82, 2.24) is 0 Å². The van der Waals surface area contributed by atoms with Gasteiger partial charge in [-0.25, -0.2) is 0 Å². The summed E-state index contributed by atoms with van der Waals surface area (Å²) in [6, 6.07) is 19.9.